The molecule has 8 heteroatoms. The Kier molecular flexibility index (Phi) is 5.59. The number of nitrogens with zero attached hydrogens (tertiary/aromatic N) is 5. The molecule has 0 aliphatic carbocycles. The summed E-state index contributed by atoms with van der Waals surface area (Å²) in [4.78, 5) is 16.3. The van der Waals surface area contributed by atoms with Crippen molar-refractivity contribution in [3.8, 4) is 11.4 Å². The van der Waals surface area contributed by atoms with Crippen molar-refractivity contribution < 1.29 is 4.79 Å². The van der Waals surface area contributed by atoms with E-state index in [0.717, 1.165) is 36.5 Å². The highest BCUT2D eigenvalue weighted by Crippen LogP contribution is 2.25. The monoisotopic (exact) mass is 394 g/mol. The minimum absolute atomic E-state index is 0.0449. The second-order valence-electron chi connectivity index (χ2n) is 6.79. The van der Waals surface area contributed by atoms with Crippen LogP contribution in [0, 0.1) is 5.92 Å². The van der Waals surface area contributed by atoms with E-state index in [1.165, 1.54) is 0 Å². The van der Waals surface area contributed by atoms with Crippen LogP contribution in [-0.4, -0.2) is 57.7 Å². The van der Waals surface area contributed by atoms with Crippen molar-refractivity contribution in [2.24, 2.45) is 5.92 Å². The van der Waals surface area contributed by atoms with Crippen LogP contribution in [0.3, 0.4) is 0 Å². The zero-order valence-electron chi connectivity index (χ0n) is 15.7. The highest BCUT2D eigenvalue weighted by molar-refractivity contribution is 7.10. The first kappa shape index (κ1) is 18.5. The third kappa shape index (κ3) is 3.88. The molecule has 0 radical (unpaired) electrons. The maximum atomic E-state index is 13.4. The summed E-state index contributed by atoms with van der Waals surface area (Å²) in [6.45, 7) is 2.40. The SMILES string of the molecule is CNCC1CCN(C(=O)/C(=C\c2cccs2)n2nnnc2-c2ccccc2)C1. The normalized spacial score (nSPS) is 17.2. The molecule has 0 saturated carbocycles. The van der Waals surface area contributed by atoms with E-state index in [2.05, 4.69) is 20.8 Å². The molecular formula is C20H22N6OS. The first-order valence-electron chi connectivity index (χ1n) is 9.29. The van der Waals surface area contributed by atoms with Crippen LogP contribution in [0.25, 0.3) is 23.2 Å². The maximum absolute atomic E-state index is 13.4. The molecule has 1 atom stereocenters. The van der Waals surface area contributed by atoms with Gasteiger partial charge in [0.1, 0.15) is 5.70 Å². The van der Waals surface area contributed by atoms with Gasteiger partial charge in [-0.05, 0) is 53.9 Å². The Morgan fingerprint density at radius 2 is 2.14 bits per heavy atom. The van der Waals surface area contributed by atoms with Crippen LogP contribution < -0.4 is 5.32 Å². The van der Waals surface area contributed by atoms with E-state index < -0.39 is 0 Å². The lowest BCUT2D eigenvalue weighted by molar-refractivity contribution is -0.124. The van der Waals surface area contributed by atoms with Crippen molar-refractivity contribution in [2.45, 2.75) is 6.42 Å². The van der Waals surface area contributed by atoms with Gasteiger partial charge in [-0.25, -0.2) is 0 Å². The number of carbonyl (C=O) groups is 1. The van der Waals surface area contributed by atoms with Crippen molar-refractivity contribution in [3.05, 3.63) is 52.7 Å². The fourth-order valence-corrected chi connectivity index (χ4v) is 4.12. The highest BCUT2D eigenvalue weighted by atomic mass is 32.1. The third-order valence-electron chi connectivity index (χ3n) is 4.84. The molecular weight excluding hydrogens is 372 g/mol. The molecule has 3 aromatic rings. The summed E-state index contributed by atoms with van der Waals surface area (Å²) in [6.07, 6.45) is 2.88. The number of tetrazole rings is 1. The summed E-state index contributed by atoms with van der Waals surface area (Å²) >= 11 is 1.58. The smallest absolute Gasteiger partial charge is 0.272 e. The molecule has 1 fully saturated rings. The molecule has 1 unspecified atom stereocenters. The second-order valence-corrected chi connectivity index (χ2v) is 7.77. The Bertz CT molecular complexity index is 950. The molecule has 1 amide bonds. The van der Waals surface area contributed by atoms with Crippen molar-refractivity contribution in [3.63, 3.8) is 0 Å². The van der Waals surface area contributed by atoms with Crippen LogP contribution in [0.2, 0.25) is 0 Å². The Labute approximate surface area is 167 Å². The quantitative estimate of drug-likeness (QED) is 0.650. The van der Waals surface area contributed by atoms with Crippen LogP contribution >= 0.6 is 11.3 Å². The number of rotatable bonds is 6. The van der Waals surface area contributed by atoms with Gasteiger partial charge >= 0.3 is 0 Å². The summed E-state index contributed by atoms with van der Waals surface area (Å²) in [7, 11) is 1.94. The van der Waals surface area contributed by atoms with Crippen LogP contribution in [0.5, 0.6) is 0 Å². The van der Waals surface area contributed by atoms with Gasteiger partial charge in [-0.15, -0.1) is 16.4 Å². The summed E-state index contributed by atoms with van der Waals surface area (Å²) in [5.41, 5.74) is 1.34. The standard InChI is InChI=1S/C20H22N6OS/c1-21-13-15-9-10-25(14-15)20(27)18(12-17-8-5-11-28-17)26-19(22-23-24-26)16-6-3-2-4-7-16/h2-8,11-12,15,21H,9-10,13-14H2,1H3/b18-12+. The molecule has 28 heavy (non-hydrogen) atoms. The van der Waals surface area contributed by atoms with Crippen molar-refractivity contribution in [1.29, 1.82) is 0 Å². The second kappa shape index (κ2) is 8.45. The van der Waals surface area contributed by atoms with E-state index in [-0.39, 0.29) is 5.91 Å². The predicted octanol–water partition coefficient (Wildman–Crippen LogP) is 2.47. The minimum Gasteiger partial charge on any atom is -0.337 e. The summed E-state index contributed by atoms with van der Waals surface area (Å²) in [5.74, 6) is 0.985. The number of likely N-dealkylation sites (tertiary alicyclic amines) is 1. The molecule has 1 aliphatic heterocycles. The Morgan fingerprint density at radius 3 is 2.89 bits per heavy atom. The fourth-order valence-electron chi connectivity index (χ4n) is 3.47. The highest BCUT2D eigenvalue weighted by Gasteiger charge is 2.30. The Hall–Kier alpha value is -2.84. The summed E-state index contributed by atoms with van der Waals surface area (Å²) in [5, 5.41) is 17.4. The number of hydrogen-bond acceptors (Lipinski definition) is 6. The molecule has 3 heterocycles. The van der Waals surface area contributed by atoms with Gasteiger partial charge in [0.05, 0.1) is 0 Å². The first-order chi connectivity index (χ1) is 13.8. The zero-order chi connectivity index (χ0) is 19.3. The Morgan fingerprint density at radius 1 is 1.29 bits per heavy atom. The Balaban J connectivity index is 1.71. The number of thiophene rings is 1. The van der Waals surface area contributed by atoms with Gasteiger partial charge in [-0.2, -0.15) is 4.68 Å². The molecule has 2 aromatic heterocycles. The van der Waals surface area contributed by atoms with Gasteiger partial charge < -0.3 is 10.2 Å². The topological polar surface area (TPSA) is 75.9 Å². The maximum Gasteiger partial charge on any atom is 0.272 e. The van der Waals surface area contributed by atoms with E-state index >= 15 is 0 Å². The first-order valence-corrected chi connectivity index (χ1v) is 10.2. The summed E-state index contributed by atoms with van der Waals surface area (Å²) < 4.78 is 1.56. The van der Waals surface area contributed by atoms with Crippen molar-refractivity contribution in [2.75, 3.05) is 26.7 Å². The molecule has 7 nitrogen and oxygen atoms in total. The molecule has 1 aromatic carbocycles. The molecule has 144 valence electrons. The lowest BCUT2D eigenvalue weighted by Crippen LogP contribution is -2.32. The zero-order valence-corrected chi connectivity index (χ0v) is 16.5. The van der Waals surface area contributed by atoms with Gasteiger partial charge in [-0.1, -0.05) is 36.4 Å². The molecule has 0 bridgehead atoms. The van der Waals surface area contributed by atoms with Crippen LogP contribution in [-0.2, 0) is 4.79 Å². The number of amides is 1. The lowest BCUT2D eigenvalue weighted by Gasteiger charge is -2.19. The van der Waals surface area contributed by atoms with Crippen molar-refractivity contribution in [1.82, 2.24) is 30.4 Å². The molecule has 1 aliphatic rings. The largest absolute Gasteiger partial charge is 0.337 e. The van der Waals surface area contributed by atoms with E-state index in [9.17, 15) is 4.79 Å². The van der Waals surface area contributed by atoms with E-state index in [1.807, 2.05) is 65.9 Å². The van der Waals surface area contributed by atoms with Crippen LogP contribution in [0.4, 0.5) is 0 Å². The molecule has 1 N–H and O–H groups in total. The van der Waals surface area contributed by atoms with Gasteiger partial charge in [-0.3, -0.25) is 4.79 Å². The molecule has 4 rings (SSSR count). The van der Waals surface area contributed by atoms with Crippen LogP contribution in [0.15, 0.2) is 47.8 Å². The molecule has 1 saturated heterocycles. The number of benzene rings is 1. The van der Waals surface area contributed by atoms with E-state index in [1.54, 1.807) is 16.0 Å². The van der Waals surface area contributed by atoms with Gasteiger partial charge in [0.2, 0.25) is 0 Å². The van der Waals surface area contributed by atoms with Gasteiger partial charge in [0.15, 0.2) is 5.82 Å². The van der Waals surface area contributed by atoms with Gasteiger partial charge in [0.25, 0.3) is 5.91 Å². The van der Waals surface area contributed by atoms with E-state index in [4.69, 9.17) is 0 Å². The predicted molar refractivity (Wildman–Crippen MR) is 110 cm³/mol. The summed E-state index contributed by atoms with van der Waals surface area (Å²) in [6, 6.07) is 13.6. The average molecular weight is 395 g/mol. The number of nitrogens with one attached hydrogen (secondary N) is 1. The minimum atomic E-state index is -0.0449. The third-order valence-corrected chi connectivity index (χ3v) is 5.66. The number of carbonyl (C=O) groups excluding carboxylic acids is 1. The lowest BCUT2D eigenvalue weighted by atomic mass is 10.1. The van der Waals surface area contributed by atoms with Crippen LogP contribution in [0.1, 0.15) is 11.3 Å². The van der Waals surface area contributed by atoms with Gasteiger partial charge in [0, 0.05) is 23.5 Å². The number of hydrogen-bond donors (Lipinski definition) is 1. The molecule has 0 spiro atoms. The fraction of sp³-hybridized carbons (Fsp3) is 0.300. The van der Waals surface area contributed by atoms with E-state index in [0.29, 0.717) is 17.4 Å². The van der Waals surface area contributed by atoms with Crippen molar-refractivity contribution >= 4 is 29.0 Å². The average Bonchev–Trinajstić information content (AvgIpc) is 3.48. The number of aromatic nitrogens is 4.